The zero-order valence-corrected chi connectivity index (χ0v) is 19.7. The second kappa shape index (κ2) is 8.86. The molecule has 0 bridgehead atoms. The standard InChI is InChI=1S/C25H29FN6O/c1-16-10-17(2)23-19(11-16)12-20(24(33)27-23)14-31(13-18-6-8-21(26)9-7-18)15-22-28-29-30-32(22)25(3,4)5/h6-12H,13-15H2,1-5H3,(H,27,33). The van der Waals surface area contributed by atoms with Gasteiger partial charge >= 0.3 is 0 Å². The fourth-order valence-electron chi connectivity index (χ4n) is 4.13. The first-order chi connectivity index (χ1) is 15.6. The van der Waals surface area contributed by atoms with E-state index in [-0.39, 0.29) is 16.9 Å². The van der Waals surface area contributed by atoms with E-state index in [0.29, 0.717) is 31.0 Å². The minimum Gasteiger partial charge on any atom is -0.321 e. The van der Waals surface area contributed by atoms with E-state index in [1.165, 1.54) is 12.1 Å². The number of halogens is 1. The number of hydrogen-bond acceptors (Lipinski definition) is 5. The molecule has 0 spiro atoms. The van der Waals surface area contributed by atoms with Crippen LogP contribution in [0.1, 0.15) is 48.8 Å². The Balaban J connectivity index is 1.70. The van der Waals surface area contributed by atoms with E-state index in [9.17, 15) is 9.18 Å². The summed E-state index contributed by atoms with van der Waals surface area (Å²) in [6.45, 7) is 11.5. The first-order valence-corrected chi connectivity index (χ1v) is 11.0. The SMILES string of the molecule is Cc1cc(C)c2[nH]c(=O)c(CN(Cc3ccc(F)cc3)Cc3nnnn3C(C)(C)C)cc2c1. The monoisotopic (exact) mass is 448 g/mol. The maximum absolute atomic E-state index is 13.4. The predicted molar refractivity (Wildman–Crippen MR) is 126 cm³/mol. The highest BCUT2D eigenvalue weighted by atomic mass is 19.1. The first-order valence-electron chi connectivity index (χ1n) is 11.0. The normalized spacial score (nSPS) is 12.1. The molecule has 7 nitrogen and oxygen atoms in total. The van der Waals surface area contributed by atoms with E-state index in [4.69, 9.17) is 0 Å². The van der Waals surface area contributed by atoms with Gasteiger partial charge in [0.25, 0.3) is 5.56 Å². The second-order valence-electron chi connectivity index (χ2n) is 9.62. The number of aromatic amines is 1. The topological polar surface area (TPSA) is 79.7 Å². The van der Waals surface area contributed by atoms with Crippen LogP contribution in [0.15, 0.2) is 47.3 Å². The van der Waals surface area contributed by atoms with Crippen LogP contribution >= 0.6 is 0 Å². The summed E-state index contributed by atoms with van der Waals surface area (Å²) in [5.41, 5.74) is 4.24. The Morgan fingerprint density at radius 3 is 2.45 bits per heavy atom. The highest BCUT2D eigenvalue weighted by molar-refractivity contribution is 5.82. The fraction of sp³-hybridized carbons (Fsp3) is 0.360. The van der Waals surface area contributed by atoms with Crippen LogP contribution in [0.3, 0.4) is 0 Å². The fourth-order valence-corrected chi connectivity index (χ4v) is 4.13. The number of aryl methyl sites for hydroxylation is 2. The van der Waals surface area contributed by atoms with Gasteiger partial charge in [0.05, 0.1) is 17.6 Å². The Labute approximate surface area is 192 Å². The van der Waals surface area contributed by atoms with Crippen molar-refractivity contribution < 1.29 is 4.39 Å². The summed E-state index contributed by atoms with van der Waals surface area (Å²) in [5.74, 6) is 0.423. The molecular formula is C25H29FN6O. The van der Waals surface area contributed by atoms with Crippen LogP contribution < -0.4 is 5.56 Å². The van der Waals surface area contributed by atoms with E-state index in [1.54, 1.807) is 16.8 Å². The average molecular weight is 449 g/mol. The largest absolute Gasteiger partial charge is 0.321 e. The molecule has 0 amide bonds. The lowest BCUT2D eigenvalue weighted by Gasteiger charge is -2.25. The number of nitrogens with one attached hydrogen (secondary N) is 1. The molecule has 172 valence electrons. The van der Waals surface area contributed by atoms with Crippen molar-refractivity contribution >= 4 is 10.9 Å². The van der Waals surface area contributed by atoms with Gasteiger partial charge in [0.1, 0.15) is 5.82 Å². The van der Waals surface area contributed by atoms with Crippen LogP contribution in [0.4, 0.5) is 4.39 Å². The lowest BCUT2D eigenvalue weighted by molar-refractivity contribution is 0.223. The summed E-state index contributed by atoms with van der Waals surface area (Å²) in [5, 5.41) is 13.3. The molecule has 1 N–H and O–H groups in total. The number of aromatic nitrogens is 5. The minimum absolute atomic E-state index is 0.117. The smallest absolute Gasteiger partial charge is 0.252 e. The number of benzene rings is 2. The molecule has 0 unspecified atom stereocenters. The summed E-state index contributed by atoms with van der Waals surface area (Å²) in [6.07, 6.45) is 0. The third-order valence-corrected chi connectivity index (χ3v) is 5.62. The Bertz CT molecular complexity index is 1330. The van der Waals surface area contributed by atoms with Crippen molar-refractivity contribution in [1.29, 1.82) is 0 Å². The minimum atomic E-state index is -0.282. The molecule has 0 aliphatic carbocycles. The number of rotatable bonds is 6. The Kier molecular flexibility index (Phi) is 6.12. The molecule has 8 heteroatoms. The number of pyridine rings is 1. The molecule has 0 saturated carbocycles. The third-order valence-electron chi connectivity index (χ3n) is 5.62. The van der Waals surface area contributed by atoms with Crippen molar-refractivity contribution in [2.24, 2.45) is 0 Å². The number of H-pyrrole nitrogens is 1. The molecule has 0 fully saturated rings. The quantitative estimate of drug-likeness (QED) is 0.478. The highest BCUT2D eigenvalue weighted by Crippen LogP contribution is 2.21. The molecule has 2 aromatic carbocycles. The number of nitrogens with zero attached hydrogens (tertiary/aromatic N) is 5. The van der Waals surface area contributed by atoms with E-state index < -0.39 is 0 Å². The molecule has 2 aromatic heterocycles. The summed E-state index contributed by atoms with van der Waals surface area (Å²) in [7, 11) is 0. The maximum Gasteiger partial charge on any atom is 0.252 e. The van der Waals surface area contributed by atoms with Crippen LogP contribution in [-0.2, 0) is 25.2 Å². The van der Waals surface area contributed by atoms with Crippen molar-refractivity contribution in [1.82, 2.24) is 30.1 Å². The number of tetrazole rings is 1. The van der Waals surface area contributed by atoms with Gasteiger partial charge in [-0.15, -0.1) is 5.10 Å². The molecule has 0 saturated heterocycles. The Hall–Kier alpha value is -3.39. The molecule has 0 radical (unpaired) electrons. The van der Waals surface area contributed by atoms with Crippen molar-refractivity contribution in [2.75, 3.05) is 0 Å². The molecule has 0 aliphatic rings. The van der Waals surface area contributed by atoms with E-state index in [1.807, 2.05) is 40.7 Å². The van der Waals surface area contributed by atoms with Gasteiger partial charge in [-0.25, -0.2) is 9.07 Å². The molecule has 4 rings (SSSR count). The molecule has 0 atom stereocenters. The van der Waals surface area contributed by atoms with Crippen LogP contribution in [0.5, 0.6) is 0 Å². The molecule has 33 heavy (non-hydrogen) atoms. The first kappa shape index (κ1) is 22.8. The van der Waals surface area contributed by atoms with Gasteiger partial charge in [-0.3, -0.25) is 9.69 Å². The van der Waals surface area contributed by atoms with Crippen LogP contribution in [0.2, 0.25) is 0 Å². The predicted octanol–water partition coefficient (Wildman–Crippen LogP) is 4.23. The molecule has 4 aromatic rings. The van der Waals surface area contributed by atoms with Crippen molar-refractivity contribution in [3.8, 4) is 0 Å². The maximum atomic E-state index is 13.4. The van der Waals surface area contributed by atoms with Crippen molar-refractivity contribution in [3.05, 3.63) is 86.7 Å². The highest BCUT2D eigenvalue weighted by Gasteiger charge is 2.22. The Morgan fingerprint density at radius 2 is 1.76 bits per heavy atom. The van der Waals surface area contributed by atoms with Crippen LogP contribution in [-0.4, -0.2) is 30.1 Å². The van der Waals surface area contributed by atoms with Gasteiger partial charge in [0, 0.05) is 18.7 Å². The molecular weight excluding hydrogens is 419 g/mol. The number of hydrogen-bond donors (Lipinski definition) is 1. The summed E-state index contributed by atoms with van der Waals surface area (Å²) < 4.78 is 15.2. The zero-order chi connectivity index (χ0) is 23.8. The lowest BCUT2D eigenvalue weighted by atomic mass is 10.0. The van der Waals surface area contributed by atoms with Gasteiger partial charge in [-0.05, 0) is 85.8 Å². The lowest BCUT2D eigenvalue weighted by Crippen LogP contribution is -2.31. The van der Waals surface area contributed by atoms with Gasteiger partial charge in [-0.2, -0.15) is 0 Å². The van der Waals surface area contributed by atoms with Gasteiger partial charge < -0.3 is 4.98 Å². The van der Waals surface area contributed by atoms with Gasteiger partial charge in [0.2, 0.25) is 0 Å². The van der Waals surface area contributed by atoms with Crippen LogP contribution in [0.25, 0.3) is 10.9 Å². The van der Waals surface area contributed by atoms with E-state index >= 15 is 0 Å². The van der Waals surface area contributed by atoms with E-state index in [2.05, 4.69) is 37.5 Å². The molecule has 2 heterocycles. The third kappa shape index (κ3) is 5.17. The number of fused-ring (bicyclic) bond motifs is 1. The average Bonchev–Trinajstić information content (AvgIpc) is 3.19. The van der Waals surface area contributed by atoms with Crippen LogP contribution in [0, 0.1) is 19.7 Å². The summed E-state index contributed by atoms with van der Waals surface area (Å²) >= 11 is 0. The Morgan fingerprint density at radius 1 is 1.03 bits per heavy atom. The van der Waals surface area contributed by atoms with E-state index in [0.717, 1.165) is 27.6 Å². The van der Waals surface area contributed by atoms with Crippen molar-refractivity contribution in [3.63, 3.8) is 0 Å². The molecule has 0 aliphatic heterocycles. The van der Waals surface area contributed by atoms with Crippen molar-refractivity contribution in [2.45, 2.75) is 59.8 Å². The zero-order valence-electron chi connectivity index (χ0n) is 19.7. The van der Waals surface area contributed by atoms with Gasteiger partial charge in [0.15, 0.2) is 5.82 Å². The second-order valence-corrected chi connectivity index (χ2v) is 9.62. The summed E-state index contributed by atoms with van der Waals surface area (Å²) in [4.78, 5) is 18.1. The summed E-state index contributed by atoms with van der Waals surface area (Å²) in [6, 6.07) is 12.5. The van der Waals surface area contributed by atoms with Gasteiger partial charge in [-0.1, -0.05) is 23.8 Å².